The summed E-state index contributed by atoms with van der Waals surface area (Å²) in [4.78, 5) is 13.7. The van der Waals surface area contributed by atoms with Crippen molar-refractivity contribution in [2.24, 2.45) is 0 Å². The Morgan fingerprint density at radius 1 is 1.21 bits per heavy atom. The summed E-state index contributed by atoms with van der Waals surface area (Å²) in [6.07, 6.45) is 0. The Hall–Kier alpha value is -1.49. The molecule has 0 aliphatic rings. The molecule has 4 nitrogen and oxygen atoms in total. The molecule has 0 aliphatic carbocycles. The van der Waals surface area contributed by atoms with Gasteiger partial charge in [0, 0.05) is 23.2 Å². The predicted molar refractivity (Wildman–Crippen MR) is 80.9 cm³/mol. The van der Waals surface area contributed by atoms with Crippen molar-refractivity contribution >= 4 is 17.2 Å². The van der Waals surface area contributed by atoms with Crippen LogP contribution in [0.4, 0.5) is 5.82 Å². The van der Waals surface area contributed by atoms with Crippen LogP contribution in [0.2, 0.25) is 0 Å². The van der Waals surface area contributed by atoms with Crippen molar-refractivity contribution in [2.45, 2.75) is 40.5 Å². The van der Waals surface area contributed by atoms with E-state index in [1.54, 1.807) is 11.3 Å². The first-order chi connectivity index (χ1) is 9.02. The number of rotatable bonds is 4. The van der Waals surface area contributed by atoms with Gasteiger partial charge in [-0.25, -0.2) is 15.0 Å². The SMILES string of the molecule is CCNc1nc(-c2csc(C)n2)nc(C)c1C(C)C. The van der Waals surface area contributed by atoms with Gasteiger partial charge >= 0.3 is 0 Å². The summed E-state index contributed by atoms with van der Waals surface area (Å²) in [7, 11) is 0. The average Bonchev–Trinajstić information content (AvgIpc) is 2.75. The Kier molecular flexibility index (Phi) is 4.14. The summed E-state index contributed by atoms with van der Waals surface area (Å²) in [6.45, 7) is 11.3. The molecular weight excluding hydrogens is 256 g/mol. The summed E-state index contributed by atoms with van der Waals surface area (Å²) in [6, 6.07) is 0. The number of anilines is 1. The zero-order valence-electron chi connectivity index (χ0n) is 12.1. The van der Waals surface area contributed by atoms with Crippen LogP contribution in [-0.2, 0) is 0 Å². The fourth-order valence-corrected chi connectivity index (χ4v) is 2.75. The van der Waals surface area contributed by atoms with Crippen LogP contribution in [0, 0.1) is 13.8 Å². The summed E-state index contributed by atoms with van der Waals surface area (Å²) in [5.74, 6) is 2.05. The maximum Gasteiger partial charge on any atom is 0.181 e. The molecule has 0 spiro atoms. The van der Waals surface area contributed by atoms with Crippen molar-refractivity contribution in [3.05, 3.63) is 21.6 Å². The van der Waals surface area contributed by atoms with Crippen LogP contribution < -0.4 is 5.32 Å². The monoisotopic (exact) mass is 276 g/mol. The minimum atomic E-state index is 0.403. The zero-order valence-corrected chi connectivity index (χ0v) is 12.9. The Bertz CT molecular complexity index is 575. The number of hydrogen-bond donors (Lipinski definition) is 1. The Balaban J connectivity index is 2.53. The Morgan fingerprint density at radius 2 is 1.95 bits per heavy atom. The van der Waals surface area contributed by atoms with E-state index in [4.69, 9.17) is 0 Å². The summed E-state index contributed by atoms with van der Waals surface area (Å²) < 4.78 is 0. The van der Waals surface area contributed by atoms with Gasteiger partial charge in [0.1, 0.15) is 11.5 Å². The van der Waals surface area contributed by atoms with Crippen molar-refractivity contribution in [3.8, 4) is 11.5 Å². The van der Waals surface area contributed by atoms with Crippen molar-refractivity contribution in [3.63, 3.8) is 0 Å². The van der Waals surface area contributed by atoms with E-state index < -0.39 is 0 Å². The van der Waals surface area contributed by atoms with Gasteiger partial charge in [-0.15, -0.1) is 11.3 Å². The molecule has 0 radical (unpaired) electrons. The third-order valence-corrected chi connectivity index (χ3v) is 3.68. The smallest absolute Gasteiger partial charge is 0.181 e. The standard InChI is InChI=1S/C14H20N4S/c1-6-15-14-12(8(2)3)9(4)16-13(18-14)11-7-19-10(5)17-11/h7-8H,6H2,1-5H3,(H,15,16,18). The normalized spacial score (nSPS) is 11.1. The maximum atomic E-state index is 4.65. The molecule has 0 amide bonds. The van der Waals surface area contributed by atoms with Crippen molar-refractivity contribution in [1.82, 2.24) is 15.0 Å². The van der Waals surface area contributed by atoms with Crippen LogP contribution in [0.15, 0.2) is 5.38 Å². The van der Waals surface area contributed by atoms with Crippen LogP contribution >= 0.6 is 11.3 Å². The van der Waals surface area contributed by atoms with Gasteiger partial charge in [-0.05, 0) is 26.7 Å². The number of aryl methyl sites for hydroxylation is 2. The lowest BCUT2D eigenvalue weighted by molar-refractivity contribution is 0.830. The fourth-order valence-electron chi connectivity index (χ4n) is 2.16. The first-order valence-electron chi connectivity index (χ1n) is 6.57. The van der Waals surface area contributed by atoms with Crippen molar-refractivity contribution in [2.75, 3.05) is 11.9 Å². The quantitative estimate of drug-likeness (QED) is 0.923. The van der Waals surface area contributed by atoms with Crippen LogP contribution in [0.1, 0.15) is 43.0 Å². The highest BCUT2D eigenvalue weighted by Gasteiger charge is 2.16. The van der Waals surface area contributed by atoms with E-state index in [1.165, 1.54) is 5.56 Å². The van der Waals surface area contributed by atoms with Gasteiger partial charge in [-0.2, -0.15) is 0 Å². The molecule has 2 rings (SSSR count). The average molecular weight is 276 g/mol. The van der Waals surface area contributed by atoms with E-state index in [-0.39, 0.29) is 0 Å². The molecule has 0 unspecified atom stereocenters. The number of thiazole rings is 1. The molecular formula is C14H20N4S. The maximum absolute atomic E-state index is 4.65. The summed E-state index contributed by atoms with van der Waals surface area (Å²) in [5.41, 5.74) is 3.08. The topological polar surface area (TPSA) is 50.7 Å². The Morgan fingerprint density at radius 3 is 2.47 bits per heavy atom. The fraction of sp³-hybridized carbons (Fsp3) is 0.500. The van der Waals surface area contributed by atoms with E-state index in [0.29, 0.717) is 11.7 Å². The molecule has 2 heterocycles. The molecule has 0 saturated carbocycles. The summed E-state index contributed by atoms with van der Waals surface area (Å²) >= 11 is 1.62. The highest BCUT2D eigenvalue weighted by atomic mass is 32.1. The number of nitrogens with zero attached hydrogens (tertiary/aromatic N) is 3. The second-order valence-electron chi connectivity index (χ2n) is 4.83. The van der Waals surface area contributed by atoms with Crippen LogP contribution in [0.5, 0.6) is 0 Å². The van der Waals surface area contributed by atoms with Gasteiger partial charge in [0.15, 0.2) is 5.82 Å². The molecule has 0 bridgehead atoms. The van der Waals surface area contributed by atoms with Gasteiger partial charge < -0.3 is 5.32 Å². The van der Waals surface area contributed by atoms with Crippen LogP contribution in [0.25, 0.3) is 11.5 Å². The lowest BCUT2D eigenvalue weighted by Gasteiger charge is -2.16. The molecule has 0 saturated heterocycles. The first-order valence-corrected chi connectivity index (χ1v) is 7.45. The first kappa shape index (κ1) is 13.9. The van der Waals surface area contributed by atoms with Crippen molar-refractivity contribution in [1.29, 1.82) is 0 Å². The molecule has 2 aromatic rings. The molecule has 0 aromatic carbocycles. The van der Waals surface area contributed by atoms with Gasteiger partial charge in [-0.3, -0.25) is 0 Å². The van der Waals surface area contributed by atoms with Crippen LogP contribution in [0.3, 0.4) is 0 Å². The van der Waals surface area contributed by atoms with Gasteiger partial charge in [0.2, 0.25) is 0 Å². The molecule has 102 valence electrons. The van der Waals surface area contributed by atoms with Crippen LogP contribution in [-0.4, -0.2) is 21.5 Å². The molecule has 1 N–H and O–H groups in total. The lowest BCUT2D eigenvalue weighted by Crippen LogP contribution is -2.09. The molecule has 5 heteroatoms. The van der Waals surface area contributed by atoms with E-state index in [9.17, 15) is 0 Å². The van der Waals surface area contributed by atoms with E-state index in [2.05, 4.69) is 41.0 Å². The third kappa shape index (κ3) is 2.92. The van der Waals surface area contributed by atoms with E-state index >= 15 is 0 Å². The number of aromatic nitrogens is 3. The zero-order chi connectivity index (χ0) is 14.0. The van der Waals surface area contributed by atoms with Gasteiger partial charge in [0.25, 0.3) is 0 Å². The molecule has 0 fully saturated rings. The van der Waals surface area contributed by atoms with E-state index in [1.807, 2.05) is 19.2 Å². The highest BCUT2D eigenvalue weighted by Crippen LogP contribution is 2.28. The number of hydrogen-bond acceptors (Lipinski definition) is 5. The Labute approximate surface area is 118 Å². The number of nitrogens with one attached hydrogen (secondary N) is 1. The molecule has 0 aliphatic heterocycles. The molecule has 19 heavy (non-hydrogen) atoms. The molecule has 0 atom stereocenters. The second-order valence-corrected chi connectivity index (χ2v) is 5.89. The minimum absolute atomic E-state index is 0.403. The minimum Gasteiger partial charge on any atom is -0.370 e. The molecule has 2 aromatic heterocycles. The largest absolute Gasteiger partial charge is 0.370 e. The lowest BCUT2D eigenvalue weighted by atomic mass is 10.0. The summed E-state index contributed by atoms with van der Waals surface area (Å²) in [5, 5.41) is 6.38. The third-order valence-electron chi connectivity index (χ3n) is 2.91. The van der Waals surface area contributed by atoms with E-state index in [0.717, 1.165) is 28.8 Å². The predicted octanol–water partition coefficient (Wildman–Crippen LogP) is 3.77. The van der Waals surface area contributed by atoms with Gasteiger partial charge in [-0.1, -0.05) is 13.8 Å². The van der Waals surface area contributed by atoms with Crippen molar-refractivity contribution < 1.29 is 0 Å². The van der Waals surface area contributed by atoms with Gasteiger partial charge in [0.05, 0.1) is 5.01 Å². The second kappa shape index (κ2) is 5.65. The highest BCUT2D eigenvalue weighted by molar-refractivity contribution is 7.09.